The first-order valence-electron chi connectivity index (χ1n) is 7.83. The number of hydrogen-bond donors (Lipinski definition) is 2. The molecule has 0 aliphatic heterocycles. The van der Waals surface area contributed by atoms with Crippen LogP contribution in [0.3, 0.4) is 0 Å². The van der Waals surface area contributed by atoms with E-state index in [1.807, 2.05) is 19.9 Å². The van der Waals surface area contributed by atoms with Gasteiger partial charge in [0.1, 0.15) is 11.8 Å². The van der Waals surface area contributed by atoms with E-state index < -0.39 is 6.04 Å². The Morgan fingerprint density at radius 2 is 1.92 bits per heavy atom. The fraction of sp³-hybridized carbons (Fsp3) is 0.333. The van der Waals surface area contributed by atoms with E-state index in [1.54, 1.807) is 36.6 Å². The van der Waals surface area contributed by atoms with Crippen LogP contribution < -0.4 is 10.6 Å². The summed E-state index contributed by atoms with van der Waals surface area (Å²) in [4.78, 5) is 24.9. The van der Waals surface area contributed by atoms with Gasteiger partial charge in [-0.3, -0.25) is 9.59 Å². The zero-order chi connectivity index (χ0) is 17.5. The van der Waals surface area contributed by atoms with Crippen LogP contribution in [0.4, 0.5) is 0 Å². The number of halogens is 1. The summed E-state index contributed by atoms with van der Waals surface area (Å²) in [7, 11) is 0. The minimum Gasteiger partial charge on any atom is -0.467 e. The largest absolute Gasteiger partial charge is 0.467 e. The molecule has 0 aliphatic rings. The molecule has 0 unspecified atom stereocenters. The smallest absolute Gasteiger partial charge is 0.253 e. The predicted molar refractivity (Wildman–Crippen MR) is 95.4 cm³/mol. The molecule has 128 valence electrons. The molecule has 24 heavy (non-hydrogen) atoms. The van der Waals surface area contributed by atoms with Gasteiger partial charge in [-0.05, 0) is 52.5 Å². The van der Waals surface area contributed by atoms with Crippen LogP contribution >= 0.6 is 15.9 Å². The number of carbonyl (C=O) groups is 2. The van der Waals surface area contributed by atoms with Crippen LogP contribution in [0.15, 0.2) is 51.6 Å². The first-order valence-corrected chi connectivity index (χ1v) is 8.62. The lowest BCUT2D eigenvalue weighted by Gasteiger charge is -2.20. The van der Waals surface area contributed by atoms with E-state index in [1.165, 1.54) is 0 Å². The summed E-state index contributed by atoms with van der Waals surface area (Å²) in [5.74, 6) is 0.439. The molecule has 2 rings (SSSR count). The van der Waals surface area contributed by atoms with Crippen LogP contribution in [0.25, 0.3) is 0 Å². The van der Waals surface area contributed by atoms with E-state index in [-0.39, 0.29) is 17.7 Å². The lowest BCUT2D eigenvalue weighted by atomic mass is 10.0. The number of nitrogens with one attached hydrogen (secondary N) is 2. The van der Waals surface area contributed by atoms with E-state index in [2.05, 4.69) is 26.6 Å². The number of benzene rings is 1. The number of amides is 2. The predicted octanol–water partition coefficient (Wildman–Crippen LogP) is 3.50. The molecule has 0 aliphatic carbocycles. The SMILES string of the molecule is CC(C)C[C@@H](NC(=O)c1ccccc1Br)C(=O)NCc1ccco1. The number of furan rings is 1. The van der Waals surface area contributed by atoms with Crippen molar-refractivity contribution in [3.05, 3.63) is 58.5 Å². The molecule has 0 saturated carbocycles. The molecule has 6 heteroatoms. The van der Waals surface area contributed by atoms with Gasteiger partial charge in [-0.1, -0.05) is 26.0 Å². The molecular formula is C18H21BrN2O3. The molecule has 2 N–H and O–H groups in total. The number of carbonyl (C=O) groups excluding carboxylic acids is 2. The van der Waals surface area contributed by atoms with Crippen molar-refractivity contribution in [2.24, 2.45) is 5.92 Å². The Labute approximate surface area is 149 Å². The lowest BCUT2D eigenvalue weighted by molar-refractivity contribution is -0.123. The van der Waals surface area contributed by atoms with Crippen LogP contribution in [-0.4, -0.2) is 17.9 Å². The van der Waals surface area contributed by atoms with Crippen molar-refractivity contribution in [3.63, 3.8) is 0 Å². The molecule has 0 saturated heterocycles. The highest BCUT2D eigenvalue weighted by molar-refractivity contribution is 9.10. The third-order valence-corrected chi connectivity index (χ3v) is 4.16. The van der Waals surface area contributed by atoms with Crippen molar-refractivity contribution in [1.82, 2.24) is 10.6 Å². The third-order valence-electron chi connectivity index (χ3n) is 3.46. The fourth-order valence-corrected chi connectivity index (χ4v) is 2.76. The number of hydrogen-bond acceptors (Lipinski definition) is 3. The summed E-state index contributed by atoms with van der Waals surface area (Å²) in [6.07, 6.45) is 2.11. The highest BCUT2D eigenvalue weighted by Gasteiger charge is 2.23. The minimum atomic E-state index is -0.598. The molecule has 0 fully saturated rings. The second-order valence-electron chi connectivity index (χ2n) is 5.93. The van der Waals surface area contributed by atoms with Gasteiger partial charge >= 0.3 is 0 Å². The molecule has 5 nitrogen and oxygen atoms in total. The molecule has 0 radical (unpaired) electrons. The summed E-state index contributed by atoms with van der Waals surface area (Å²) in [6.45, 7) is 4.32. The van der Waals surface area contributed by atoms with Crippen molar-refractivity contribution < 1.29 is 14.0 Å². The maximum absolute atomic E-state index is 12.5. The van der Waals surface area contributed by atoms with Gasteiger partial charge < -0.3 is 15.1 Å². The first kappa shape index (κ1) is 18.3. The van der Waals surface area contributed by atoms with E-state index >= 15 is 0 Å². The molecule has 1 atom stereocenters. The Kier molecular flexibility index (Phi) is 6.61. The lowest BCUT2D eigenvalue weighted by Crippen LogP contribution is -2.47. The van der Waals surface area contributed by atoms with Crippen LogP contribution in [-0.2, 0) is 11.3 Å². The normalized spacial score (nSPS) is 12.0. The zero-order valence-electron chi connectivity index (χ0n) is 13.7. The molecule has 1 heterocycles. The van der Waals surface area contributed by atoms with Crippen LogP contribution in [0.1, 0.15) is 36.4 Å². The summed E-state index contributed by atoms with van der Waals surface area (Å²) >= 11 is 3.36. The van der Waals surface area contributed by atoms with Gasteiger partial charge in [-0.2, -0.15) is 0 Å². The van der Waals surface area contributed by atoms with Gasteiger partial charge in [0.25, 0.3) is 5.91 Å². The van der Waals surface area contributed by atoms with Crippen LogP contribution in [0.5, 0.6) is 0 Å². The minimum absolute atomic E-state index is 0.222. The molecule has 1 aromatic carbocycles. The maximum Gasteiger partial charge on any atom is 0.253 e. The van der Waals surface area contributed by atoms with Crippen molar-refractivity contribution in [2.75, 3.05) is 0 Å². The molecule has 1 aromatic heterocycles. The third kappa shape index (κ3) is 5.23. The summed E-state index contributed by atoms with van der Waals surface area (Å²) < 4.78 is 5.90. The molecule has 0 spiro atoms. The van der Waals surface area contributed by atoms with Crippen molar-refractivity contribution in [2.45, 2.75) is 32.9 Å². The Balaban J connectivity index is 2.03. The van der Waals surface area contributed by atoms with Crippen molar-refractivity contribution >= 4 is 27.7 Å². The molecular weight excluding hydrogens is 372 g/mol. The Morgan fingerprint density at radius 3 is 2.54 bits per heavy atom. The second-order valence-corrected chi connectivity index (χ2v) is 6.79. The first-order chi connectivity index (χ1) is 11.5. The van der Waals surface area contributed by atoms with Gasteiger partial charge in [-0.25, -0.2) is 0 Å². The second kappa shape index (κ2) is 8.68. The van der Waals surface area contributed by atoms with Gasteiger partial charge in [-0.15, -0.1) is 0 Å². The van der Waals surface area contributed by atoms with Gasteiger partial charge in [0.15, 0.2) is 0 Å². The topological polar surface area (TPSA) is 71.3 Å². The average molecular weight is 393 g/mol. The van der Waals surface area contributed by atoms with E-state index in [4.69, 9.17) is 4.42 Å². The molecule has 2 aromatic rings. The van der Waals surface area contributed by atoms with Crippen LogP contribution in [0, 0.1) is 5.92 Å². The highest BCUT2D eigenvalue weighted by atomic mass is 79.9. The number of rotatable bonds is 7. The fourth-order valence-electron chi connectivity index (χ4n) is 2.29. The highest BCUT2D eigenvalue weighted by Crippen LogP contribution is 2.16. The van der Waals surface area contributed by atoms with Crippen LogP contribution in [0.2, 0.25) is 0 Å². The summed E-state index contributed by atoms with van der Waals surface area (Å²) in [6, 6.07) is 10.1. The standard InChI is InChI=1S/C18H21BrN2O3/c1-12(2)10-16(18(23)20-11-13-6-5-9-24-13)21-17(22)14-7-3-4-8-15(14)19/h3-9,12,16H,10-11H2,1-2H3,(H,20,23)(H,21,22)/t16-/m1/s1. The average Bonchev–Trinajstić information content (AvgIpc) is 3.05. The molecule has 2 amide bonds. The zero-order valence-corrected chi connectivity index (χ0v) is 15.3. The van der Waals surface area contributed by atoms with E-state index in [0.717, 1.165) is 0 Å². The van der Waals surface area contributed by atoms with E-state index in [0.29, 0.717) is 28.8 Å². The Bertz CT molecular complexity index is 683. The molecule has 0 bridgehead atoms. The van der Waals surface area contributed by atoms with Crippen molar-refractivity contribution in [1.29, 1.82) is 0 Å². The summed E-state index contributed by atoms with van der Waals surface area (Å²) in [5, 5.41) is 5.63. The Morgan fingerprint density at radius 1 is 1.17 bits per heavy atom. The van der Waals surface area contributed by atoms with Gasteiger partial charge in [0.2, 0.25) is 5.91 Å². The monoisotopic (exact) mass is 392 g/mol. The maximum atomic E-state index is 12.5. The van der Waals surface area contributed by atoms with Gasteiger partial charge in [0, 0.05) is 4.47 Å². The van der Waals surface area contributed by atoms with E-state index in [9.17, 15) is 9.59 Å². The summed E-state index contributed by atoms with van der Waals surface area (Å²) in [5.41, 5.74) is 0.505. The quantitative estimate of drug-likeness (QED) is 0.757. The van der Waals surface area contributed by atoms with Crippen molar-refractivity contribution in [3.8, 4) is 0 Å². The van der Waals surface area contributed by atoms with Gasteiger partial charge in [0.05, 0.1) is 18.4 Å². The Hall–Kier alpha value is -2.08.